The highest BCUT2D eigenvalue weighted by Gasteiger charge is 2.21. The van der Waals surface area contributed by atoms with Crippen LogP contribution in [-0.2, 0) is 0 Å². The molecule has 1 aromatic heterocycles. The van der Waals surface area contributed by atoms with Crippen molar-refractivity contribution in [3.05, 3.63) is 18.2 Å². The predicted octanol–water partition coefficient (Wildman–Crippen LogP) is 2.71. The molecule has 0 aliphatic heterocycles. The van der Waals surface area contributed by atoms with Gasteiger partial charge in [-0.25, -0.2) is 4.98 Å². The van der Waals surface area contributed by atoms with Crippen molar-refractivity contribution in [1.29, 1.82) is 0 Å². The van der Waals surface area contributed by atoms with E-state index in [9.17, 15) is 0 Å². The van der Waals surface area contributed by atoms with Gasteiger partial charge in [0.15, 0.2) is 0 Å². The Balaban J connectivity index is 2.16. The minimum absolute atomic E-state index is 0.471. The fraction of sp³-hybridized carbons (Fsp3) is 0.462. The van der Waals surface area contributed by atoms with E-state index >= 15 is 0 Å². The molecule has 2 aromatic rings. The number of aromatic nitrogens is 2. The van der Waals surface area contributed by atoms with Gasteiger partial charge in [-0.3, -0.25) is 0 Å². The highest BCUT2D eigenvalue weighted by Crippen LogP contribution is 2.34. The van der Waals surface area contributed by atoms with E-state index in [1.165, 1.54) is 32.1 Å². The minimum atomic E-state index is 0.471. The zero-order valence-electron chi connectivity index (χ0n) is 9.89. The second-order valence-corrected chi connectivity index (χ2v) is 4.85. The fourth-order valence-corrected chi connectivity index (χ4v) is 2.90. The second kappa shape index (κ2) is 3.95. The van der Waals surface area contributed by atoms with Gasteiger partial charge in [0, 0.05) is 6.04 Å². The number of nitrogens with two attached hydrogens (primary N) is 2. The Morgan fingerprint density at radius 2 is 1.88 bits per heavy atom. The number of hydrogen-bond donors (Lipinski definition) is 2. The van der Waals surface area contributed by atoms with Crippen LogP contribution in [-0.4, -0.2) is 9.55 Å². The molecular formula is C13H18N4. The Labute approximate surface area is 101 Å². The van der Waals surface area contributed by atoms with Gasteiger partial charge in [-0.15, -0.1) is 0 Å². The zero-order chi connectivity index (χ0) is 11.8. The third-order valence-corrected chi connectivity index (χ3v) is 3.71. The third kappa shape index (κ3) is 1.64. The van der Waals surface area contributed by atoms with E-state index in [1.807, 2.05) is 18.2 Å². The first-order valence-electron chi connectivity index (χ1n) is 6.29. The average Bonchev–Trinajstić information content (AvgIpc) is 2.68. The first kappa shape index (κ1) is 10.4. The Kier molecular flexibility index (Phi) is 2.42. The van der Waals surface area contributed by atoms with Gasteiger partial charge in [-0.1, -0.05) is 25.3 Å². The minimum Gasteiger partial charge on any atom is -0.397 e. The lowest BCUT2D eigenvalue weighted by molar-refractivity contribution is 0.363. The smallest absolute Gasteiger partial charge is 0.201 e. The van der Waals surface area contributed by atoms with E-state index < -0.39 is 0 Å². The summed E-state index contributed by atoms with van der Waals surface area (Å²) >= 11 is 0. The normalized spacial score (nSPS) is 17.6. The lowest BCUT2D eigenvalue weighted by Crippen LogP contribution is -2.15. The molecule has 1 saturated carbocycles. The molecule has 1 aliphatic carbocycles. The number of fused-ring (bicyclic) bond motifs is 1. The highest BCUT2D eigenvalue weighted by atomic mass is 15.2. The summed E-state index contributed by atoms with van der Waals surface area (Å²) in [6, 6.07) is 6.29. The van der Waals surface area contributed by atoms with Crippen LogP contribution in [0.3, 0.4) is 0 Å². The van der Waals surface area contributed by atoms with E-state index in [-0.39, 0.29) is 0 Å². The van der Waals surface area contributed by atoms with E-state index in [2.05, 4.69) is 9.55 Å². The molecule has 0 radical (unpaired) electrons. The maximum absolute atomic E-state index is 6.06. The fourth-order valence-electron chi connectivity index (χ4n) is 2.90. The Morgan fingerprint density at radius 1 is 1.12 bits per heavy atom. The van der Waals surface area contributed by atoms with Gasteiger partial charge in [0.1, 0.15) is 0 Å². The van der Waals surface area contributed by atoms with Crippen LogP contribution in [0.4, 0.5) is 11.6 Å². The third-order valence-electron chi connectivity index (χ3n) is 3.71. The first-order chi connectivity index (χ1) is 8.27. The van der Waals surface area contributed by atoms with Gasteiger partial charge in [0.2, 0.25) is 5.95 Å². The van der Waals surface area contributed by atoms with E-state index in [0.717, 1.165) is 16.7 Å². The summed E-state index contributed by atoms with van der Waals surface area (Å²) in [7, 11) is 0. The van der Waals surface area contributed by atoms with Gasteiger partial charge in [-0.05, 0) is 25.0 Å². The maximum Gasteiger partial charge on any atom is 0.201 e. The predicted molar refractivity (Wildman–Crippen MR) is 70.7 cm³/mol. The molecule has 1 fully saturated rings. The van der Waals surface area contributed by atoms with Gasteiger partial charge >= 0.3 is 0 Å². The number of hydrogen-bond acceptors (Lipinski definition) is 3. The Bertz CT molecular complexity index is 538. The SMILES string of the molecule is Nc1cccc2nc(N)n(C3CCCCC3)c12. The van der Waals surface area contributed by atoms with Crippen molar-refractivity contribution in [1.82, 2.24) is 9.55 Å². The number of nitrogens with zero attached hydrogens (tertiary/aromatic N) is 2. The van der Waals surface area contributed by atoms with Crippen molar-refractivity contribution in [2.24, 2.45) is 0 Å². The second-order valence-electron chi connectivity index (χ2n) is 4.85. The molecule has 4 nitrogen and oxygen atoms in total. The van der Waals surface area contributed by atoms with Crippen LogP contribution in [0.1, 0.15) is 38.1 Å². The quantitative estimate of drug-likeness (QED) is 0.740. The van der Waals surface area contributed by atoms with E-state index in [1.54, 1.807) is 0 Å². The average molecular weight is 230 g/mol. The van der Waals surface area contributed by atoms with Crippen LogP contribution in [0.15, 0.2) is 18.2 Å². The molecule has 0 saturated heterocycles. The number of imidazole rings is 1. The van der Waals surface area contributed by atoms with Crippen LogP contribution in [0.2, 0.25) is 0 Å². The summed E-state index contributed by atoms with van der Waals surface area (Å²) < 4.78 is 2.14. The summed E-state index contributed by atoms with van der Waals surface area (Å²) in [6.45, 7) is 0. The van der Waals surface area contributed by atoms with Gasteiger partial charge in [-0.2, -0.15) is 0 Å². The monoisotopic (exact) mass is 230 g/mol. The number of benzene rings is 1. The summed E-state index contributed by atoms with van der Waals surface area (Å²) in [5.74, 6) is 0.602. The van der Waals surface area contributed by atoms with Crippen LogP contribution in [0.25, 0.3) is 11.0 Å². The molecule has 90 valence electrons. The summed E-state index contributed by atoms with van der Waals surface area (Å²) in [4.78, 5) is 4.41. The number of rotatable bonds is 1. The van der Waals surface area contributed by atoms with Crippen LogP contribution < -0.4 is 11.5 Å². The first-order valence-corrected chi connectivity index (χ1v) is 6.29. The Morgan fingerprint density at radius 3 is 2.65 bits per heavy atom. The molecule has 17 heavy (non-hydrogen) atoms. The topological polar surface area (TPSA) is 69.9 Å². The largest absolute Gasteiger partial charge is 0.397 e. The van der Waals surface area contributed by atoms with Crippen molar-refractivity contribution in [2.45, 2.75) is 38.1 Å². The molecule has 0 atom stereocenters. The highest BCUT2D eigenvalue weighted by molar-refractivity contribution is 5.89. The molecule has 0 spiro atoms. The van der Waals surface area contributed by atoms with Crippen molar-refractivity contribution in [3.8, 4) is 0 Å². The molecular weight excluding hydrogens is 212 g/mol. The molecule has 1 aromatic carbocycles. The number of para-hydroxylation sites is 1. The van der Waals surface area contributed by atoms with Crippen LogP contribution >= 0.6 is 0 Å². The molecule has 0 amide bonds. The lowest BCUT2D eigenvalue weighted by atomic mass is 9.95. The van der Waals surface area contributed by atoms with Gasteiger partial charge < -0.3 is 16.0 Å². The van der Waals surface area contributed by atoms with Crippen molar-refractivity contribution in [3.63, 3.8) is 0 Å². The van der Waals surface area contributed by atoms with Crippen molar-refractivity contribution in [2.75, 3.05) is 11.5 Å². The van der Waals surface area contributed by atoms with Crippen LogP contribution in [0.5, 0.6) is 0 Å². The molecule has 0 unspecified atom stereocenters. The zero-order valence-corrected chi connectivity index (χ0v) is 9.89. The molecule has 1 heterocycles. The summed E-state index contributed by atoms with van der Waals surface area (Å²) in [5, 5.41) is 0. The lowest BCUT2D eigenvalue weighted by Gasteiger charge is -2.24. The van der Waals surface area contributed by atoms with Crippen LogP contribution in [0, 0.1) is 0 Å². The standard InChI is InChI=1S/C13H18N4/c14-10-7-4-8-11-12(10)17(13(15)16-11)9-5-2-1-3-6-9/h4,7-9H,1-3,5-6,14H2,(H2,15,16). The van der Waals surface area contributed by atoms with E-state index in [0.29, 0.717) is 12.0 Å². The molecule has 1 aliphatic rings. The molecule has 4 N–H and O–H groups in total. The summed E-state index contributed by atoms with van der Waals surface area (Å²) in [6.07, 6.45) is 6.25. The molecule has 4 heteroatoms. The number of anilines is 2. The number of nitrogen functional groups attached to an aromatic ring is 2. The van der Waals surface area contributed by atoms with Gasteiger partial charge in [0.05, 0.1) is 16.7 Å². The Hall–Kier alpha value is -1.71. The van der Waals surface area contributed by atoms with E-state index in [4.69, 9.17) is 11.5 Å². The van der Waals surface area contributed by atoms with Gasteiger partial charge in [0.25, 0.3) is 0 Å². The maximum atomic E-state index is 6.06. The molecule has 0 bridgehead atoms. The van der Waals surface area contributed by atoms with Crippen molar-refractivity contribution < 1.29 is 0 Å². The molecule has 3 rings (SSSR count). The van der Waals surface area contributed by atoms with Crippen molar-refractivity contribution >= 4 is 22.7 Å². The summed E-state index contributed by atoms with van der Waals surface area (Å²) in [5.41, 5.74) is 14.8.